The maximum absolute atomic E-state index is 12.7. The predicted octanol–water partition coefficient (Wildman–Crippen LogP) is 2.51. The molecule has 3 rings (SSSR count). The number of carbonyl (C=O) groups is 2. The van der Waals surface area contributed by atoms with Gasteiger partial charge in [-0.1, -0.05) is 0 Å². The molecule has 1 aromatic rings. The van der Waals surface area contributed by atoms with E-state index < -0.39 is 5.91 Å². The van der Waals surface area contributed by atoms with Gasteiger partial charge in [-0.15, -0.1) is 0 Å². The van der Waals surface area contributed by atoms with E-state index in [-0.39, 0.29) is 5.91 Å². The van der Waals surface area contributed by atoms with Gasteiger partial charge in [-0.05, 0) is 82.3 Å². The normalized spacial score (nSPS) is 20.8. The van der Waals surface area contributed by atoms with E-state index in [9.17, 15) is 9.59 Å². The summed E-state index contributed by atoms with van der Waals surface area (Å²) in [5.74, 6) is -0.403. The first-order valence-corrected chi connectivity index (χ1v) is 9.26. The fraction of sp³-hybridized carbons (Fsp3) is 0.600. The van der Waals surface area contributed by atoms with E-state index >= 15 is 0 Å². The van der Waals surface area contributed by atoms with E-state index in [2.05, 4.69) is 19.0 Å². The molecule has 2 aliphatic rings. The van der Waals surface area contributed by atoms with Crippen LogP contribution in [0.1, 0.15) is 59.2 Å². The summed E-state index contributed by atoms with van der Waals surface area (Å²) in [6, 6.07) is 7.38. The first kappa shape index (κ1) is 17.9. The minimum Gasteiger partial charge on any atom is -0.366 e. The molecule has 1 heterocycles. The molecule has 0 radical (unpaired) electrons. The van der Waals surface area contributed by atoms with Crippen molar-refractivity contribution in [2.45, 2.75) is 44.6 Å². The highest BCUT2D eigenvalue weighted by Gasteiger charge is 2.39. The maximum atomic E-state index is 12.7. The molecule has 0 unspecified atom stereocenters. The fourth-order valence-corrected chi connectivity index (χ4v) is 4.38. The molecule has 2 N–H and O–H groups in total. The van der Waals surface area contributed by atoms with Crippen molar-refractivity contribution in [2.24, 2.45) is 11.1 Å². The lowest BCUT2D eigenvalue weighted by molar-refractivity contribution is 0.0355. The van der Waals surface area contributed by atoms with Crippen molar-refractivity contribution in [1.29, 1.82) is 0 Å². The summed E-state index contributed by atoms with van der Waals surface area (Å²) in [6.45, 7) is 1.67. The lowest BCUT2D eigenvalue weighted by Gasteiger charge is -2.47. The number of benzene rings is 1. The predicted molar refractivity (Wildman–Crippen MR) is 98.5 cm³/mol. The Morgan fingerprint density at radius 1 is 1.00 bits per heavy atom. The molecule has 1 aliphatic carbocycles. The molecule has 0 bridgehead atoms. The van der Waals surface area contributed by atoms with Crippen molar-refractivity contribution in [1.82, 2.24) is 9.80 Å². The third kappa shape index (κ3) is 3.87. The van der Waals surface area contributed by atoms with Gasteiger partial charge in [0, 0.05) is 30.3 Å². The third-order valence-electron chi connectivity index (χ3n) is 6.27. The first-order chi connectivity index (χ1) is 11.9. The molecule has 1 aromatic carbocycles. The molecule has 25 heavy (non-hydrogen) atoms. The number of likely N-dealkylation sites (tertiary alicyclic amines) is 1. The molecule has 1 aliphatic heterocycles. The molecule has 1 saturated carbocycles. The number of nitrogens with zero attached hydrogens (tertiary/aromatic N) is 2. The minimum absolute atomic E-state index is 0.0628. The summed E-state index contributed by atoms with van der Waals surface area (Å²) in [5, 5.41) is 0. The van der Waals surface area contributed by atoms with Crippen LogP contribution in [-0.2, 0) is 0 Å². The van der Waals surface area contributed by atoms with E-state index in [1.807, 2.05) is 4.90 Å². The Bertz CT molecular complexity index is 621. The molecule has 1 spiro atoms. The number of rotatable bonds is 3. The van der Waals surface area contributed by atoms with Gasteiger partial charge in [-0.25, -0.2) is 0 Å². The Kier molecular flexibility index (Phi) is 5.13. The van der Waals surface area contributed by atoms with Crippen molar-refractivity contribution >= 4 is 11.8 Å². The summed E-state index contributed by atoms with van der Waals surface area (Å²) in [6.07, 6.45) is 7.33. The van der Waals surface area contributed by atoms with Crippen molar-refractivity contribution in [3.05, 3.63) is 35.4 Å². The van der Waals surface area contributed by atoms with Gasteiger partial charge >= 0.3 is 0 Å². The van der Waals surface area contributed by atoms with Gasteiger partial charge < -0.3 is 15.5 Å². The standard InChI is InChI=1S/C20H29N3O2/c1-22(2)17-7-9-20(10-8-17)11-13-23(14-12-20)19(25)16-5-3-15(4-6-16)18(21)24/h3-6,17H,7-14H2,1-2H3,(H2,21,24). The van der Waals surface area contributed by atoms with Crippen molar-refractivity contribution < 1.29 is 9.59 Å². The Morgan fingerprint density at radius 3 is 2.00 bits per heavy atom. The largest absolute Gasteiger partial charge is 0.366 e. The fourth-order valence-electron chi connectivity index (χ4n) is 4.38. The van der Waals surface area contributed by atoms with Crippen LogP contribution in [0.3, 0.4) is 0 Å². The highest BCUT2D eigenvalue weighted by molar-refractivity contribution is 5.97. The van der Waals surface area contributed by atoms with Crippen molar-refractivity contribution in [2.75, 3.05) is 27.2 Å². The zero-order chi connectivity index (χ0) is 18.0. The Balaban J connectivity index is 1.57. The number of hydrogen-bond donors (Lipinski definition) is 1. The van der Waals surface area contributed by atoms with Crippen LogP contribution < -0.4 is 5.73 Å². The average Bonchev–Trinajstić information content (AvgIpc) is 2.62. The van der Waals surface area contributed by atoms with Crippen LogP contribution in [0.2, 0.25) is 0 Å². The minimum atomic E-state index is -0.466. The van der Waals surface area contributed by atoms with Crippen LogP contribution in [0.5, 0.6) is 0 Å². The van der Waals surface area contributed by atoms with Gasteiger partial charge in [0.1, 0.15) is 0 Å². The number of amides is 2. The SMILES string of the molecule is CN(C)C1CCC2(CC1)CCN(C(=O)c1ccc(C(N)=O)cc1)CC2. The van der Waals surface area contributed by atoms with E-state index in [0.29, 0.717) is 22.6 Å². The second kappa shape index (κ2) is 7.16. The van der Waals surface area contributed by atoms with Crippen LogP contribution >= 0.6 is 0 Å². The Hall–Kier alpha value is -1.88. The van der Waals surface area contributed by atoms with Crippen LogP contribution in [0, 0.1) is 5.41 Å². The molecule has 0 atom stereocenters. The zero-order valence-electron chi connectivity index (χ0n) is 15.3. The second-order valence-electron chi connectivity index (χ2n) is 7.93. The van der Waals surface area contributed by atoms with E-state index in [1.165, 1.54) is 25.7 Å². The highest BCUT2D eigenvalue weighted by atomic mass is 16.2. The second-order valence-corrected chi connectivity index (χ2v) is 7.93. The molecule has 1 saturated heterocycles. The summed E-state index contributed by atoms with van der Waals surface area (Å²) in [7, 11) is 4.35. The Morgan fingerprint density at radius 2 is 1.52 bits per heavy atom. The quantitative estimate of drug-likeness (QED) is 0.917. The lowest BCUT2D eigenvalue weighted by atomic mass is 9.67. The van der Waals surface area contributed by atoms with Gasteiger partial charge in [0.2, 0.25) is 5.91 Å². The summed E-state index contributed by atoms with van der Waals surface area (Å²) in [5.41, 5.74) is 6.77. The van der Waals surface area contributed by atoms with Crippen molar-refractivity contribution in [3.63, 3.8) is 0 Å². The monoisotopic (exact) mass is 343 g/mol. The third-order valence-corrected chi connectivity index (χ3v) is 6.27. The number of nitrogens with two attached hydrogens (primary N) is 1. The summed E-state index contributed by atoms with van der Waals surface area (Å²) >= 11 is 0. The number of hydrogen-bond acceptors (Lipinski definition) is 3. The van der Waals surface area contributed by atoms with Gasteiger partial charge in [-0.2, -0.15) is 0 Å². The zero-order valence-corrected chi connectivity index (χ0v) is 15.3. The number of piperidine rings is 1. The van der Waals surface area contributed by atoms with Crippen LogP contribution in [-0.4, -0.2) is 54.8 Å². The molecule has 0 aromatic heterocycles. The first-order valence-electron chi connectivity index (χ1n) is 9.26. The molecular formula is C20H29N3O2. The van der Waals surface area contributed by atoms with Crippen LogP contribution in [0.4, 0.5) is 0 Å². The molecule has 2 fully saturated rings. The van der Waals surface area contributed by atoms with Gasteiger partial charge in [0.05, 0.1) is 0 Å². The van der Waals surface area contributed by atoms with E-state index in [1.54, 1.807) is 24.3 Å². The maximum Gasteiger partial charge on any atom is 0.253 e. The summed E-state index contributed by atoms with van der Waals surface area (Å²) in [4.78, 5) is 28.2. The number of primary amides is 1. The molecule has 136 valence electrons. The molecular weight excluding hydrogens is 314 g/mol. The van der Waals surface area contributed by atoms with Gasteiger partial charge in [0.15, 0.2) is 0 Å². The molecule has 2 amide bonds. The van der Waals surface area contributed by atoms with Crippen LogP contribution in [0.15, 0.2) is 24.3 Å². The van der Waals surface area contributed by atoms with Gasteiger partial charge in [0.25, 0.3) is 5.91 Å². The van der Waals surface area contributed by atoms with E-state index in [4.69, 9.17) is 5.73 Å². The van der Waals surface area contributed by atoms with Gasteiger partial charge in [-0.3, -0.25) is 9.59 Å². The molecule has 5 nitrogen and oxygen atoms in total. The molecule has 5 heteroatoms. The smallest absolute Gasteiger partial charge is 0.253 e. The topological polar surface area (TPSA) is 66.6 Å². The Labute approximate surface area is 150 Å². The van der Waals surface area contributed by atoms with Crippen molar-refractivity contribution in [3.8, 4) is 0 Å². The van der Waals surface area contributed by atoms with E-state index in [0.717, 1.165) is 25.9 Å². The summed E-state index contributed by atoms with van der Waals surface area (Å²) < 4.78 is 0. The van der Waals surface area contributed by atoms with Crippen LogP contribution in [0.25, 0.3) is 0 Å². The number of carbonyl (C=O) groups excluding carboxylic acids is 2. The highest BCUT2D eigenvalue weighted by Crippen LogP contribution is 2.45. The average molecular weight is 343 g/mol. The lowest BCUT2D eigenvalue weighted by Crippen LogP contribution is -2.46.